The first-order valence-electron chi connectivity index (χ1n) is 16.5. The number of thioether (sulfide) groups is 2. The van der Waals surface area contributed by atoms with Crippen LogP contribution in [0.3, 0.4) is 0 Å². The molecule has 0 spiro atoms. The summed E-state index contributed by atoms with van der Waals surface area (Å²) in [6.45, 7) is 0.103. The SMILES string of the molecule is CC(C)(COP(=O)(O)OP(=O)(O)OCC1OC(n2cnc3c(N)ncnc32)C(O)C1OP(=O)(O)O)C(O)C(=O)NCCC(=O)NCCSC(=O)C(N)CSCP(=O)(O)O. The molecule has 8 unspecified atom stereocenters. The molecule has 3 heterocycles. The molecule has 0 saturated carbocycles. The molecule has 1 aliphatic rings. The number of carbonyl (C=O) groups excluding carboxylic acids is 3. The first kappa shape index (κ1) is 51.4. The molecule has 2 amide bonds. The van der Waals surface area contributed by atoms with E-state index in [0.717, 1.165) is 40.7 Å². The Morgan fingerprint density at radius 1 is 1.02 bits per heavy atom. The average Bonchev–Trinajstić information content (AvgIpc) is 3.67. The van der Waals surface area contributed by atoms with Gasteiger partial charge in [0.1, 0.15) is 36.3 Å². The van der Waals surface area contributed by atoms with E-state index in [1.165, 1.54) is 13.8 Å². The van der Waals surface area contributed by atoms with Crippen LogP contribution in [0.15, 0.2) is 12.7 Å². The number of anilines is 1. The van der Waals surface area contributed by atoms with Crippen LogP contribution in [0.1, 0.15) is 26.5 Å². The minimum atomic E-state index is -5.60. The molecule has 336 valence electrons. The zero-order valence-electron chi connectivity index (χ0n) is 30.8. The second-order valence-electron chi connectivity index (χ2n) is 13.0. The van der Waals surface area contributed by atoms with E-state index in [-0.39, 0.29) is 48.0 Å². The lowest BCUT2D eigenvalue weighted by atomic mass is 9.87. The van der Waals surface area contributed by atoms with Gasteiger partial charge in [0, 0.05) is 36.4 Å². The summed E-state index contributed by atoms with van der Waals surface area (Å²) in [6.07, 6.45) is -7.17. The van der Waals surface area contributed by atoms with Crippen molar-refractivity contribution in [3.05, 3.63) is 12.7 Å². The van der Waals surface area contributed by atoms with Gasteiger partial charge < -0.3 is 66.4 Å². The van der Waals surface area contributed by atoms with Crippen LogP contribution in [-0.2, 0) is 55.3 Å². The molecule has 0 radical (unpaired) electrons. The molecular weight excluding hydrogens is 920 g/mol. The lowest BCUT2D eigenvalue weighted by Gasteiger charge is -2.30. The average molecular weight is 965 g/mol. The zero-order chi connectivity index (χ0) is 44.6. The number of phosphoric acid groups is 3. The molecule has 59 heavy (non-hydrogen) atoms. The third-order valence-corrected chi connectivity index (χ3v) is 14.4. The number of phosphoric ester groups is 3. The number of imidazole rings is 1. The van der Waals surface area contributed by atoms with E-state index in [1.807, 2.05) is 0 Å². The zero-order valence-corrected chi connectivity index (χ0v) is 36.0. The van der Waals surface area contributed by atoms with Gasteiger partial charge in [0.25, 0.3) is 0 Å². The Bertz CT molecular complexity index is 1990. The standard InChI is InChI=1S/C25H44N8O20P4S2/c1-25(2,19(36)22(37)29-4-3-15(34)28-5-6-59-24(38)13(26)8-58-12-54(39,40)41)9-50-57(47,48)53-56(45,46)49-7-14-18(52-55(42,43)44)17(35)23(51-14)33-11-32-16-20(27)30-10-31-21(16)33/h10-11,13-14,17-19,23,35-36H,3-9,12,26H2,1-2H3,(H,28,34)(H,29,37)(H,45,46)(H,47,48)(H2,27,30,31)(H2,39,40,41)(H2,42,43,44). The predicted molar refractivity (Wildman–Crippen MR) is 204 cm³/mol. The Morgan fingerprint density at radius 3 is 2.32 bits per heavy atom. The Hall–Kier alpha value is -1.98. The van der Waals surface area contributed by atoms with Gasteiger partial charge in [-0.1, -0.05) is 25.6 Å². The van der Waals surface area contributed by atoms with Gasteiger partial charge in [-0.2, -0.15) is 4.31 Å². The quantitative estimate of drug-likeness (QED) is 0.0394. The molecule has 1 saturated heterocycles. The number of nitrogen functional groups attached to an aromatic ring is 1. The maximum Gasteiger partial charge on any atom is 0.481 e. The number of aliphatic hydroxyl groups excluding tert-OH is 2. The second-order valence-corrected chi connectivity index (χ2v) is 21.4. The molecule has 1 aliphatic heterocycles. The Morgan fingerprint density at radius 2 is 1.68 bits per heavy atom. The highest BCUT2D eigenvalue weighted by Gasteiger charge is 2.50. The van der Waals surface area contributed by atoms with E-state index in [9.17, 15) is 62.4 Å². The maximum absolute atomic E-state index is 12.7. The van der Waals surface area contributed by atoms with Crippen molar-refractivity contribution in [3.63, 3.8) is 0 Å². The summed E-state index contributed by atoms with van der Waals surface area (Å²) in [6, 6.07) is -0.982. The summed E-state index contributed by atoms with van der Waals surface area (Å²) in [5, 5.41) is 25.8. The number of aliphatic hydroxyl groups is 2. The number of aromatic nitrogens is 4. The number of hydrogen-bond acceptors (Lipinski definition) is 21. The van der Waals surface area contributed by atoms with E-state index in [1.54, 1.807) is 0 Å². The number of nitrogens with zero attached hydrogens (tertiary/aromatic N) is 4. The van der Waals surface area contributed by atoms with E-state index >= 15 is 0 Å². The number of nitrogens with one attached hydrogen (secondary N) is 2. The van der Waals surface area contributed by atoms with Crippen LogP contribution in [0.2, 0.25) is 0 Å². The minimum Gasteiger partial charge on any atom is -0.386 e. The number of nitrogens with two attached hydrogens (primary N) is 2. The molecule has 8 atom stereocenters. The van der Waals surface area contributed by atoms with E-state index in [0.29, 0.717) is 0 Å². The van der Waals surface area contributed by atoms with Crippen LogP contribution in [0.5, 0.6) is 0 Å². The maximum atomic E-state index is 12.7. The predicted octanol–water partition coefficient (Wildman–Crippen LogP) is -2.14. The number of amides is 2. The molecule has 0 bridgehead atoms. The molecule has 0 aliphatic carbocycles. The van der Waals surface area contributed by atoms with Gasteiger partial charge in [0.15, 0.2) is 17.7 Å². The molecule has 14 N–H and O–H groups in total. The van der Waals surface area contributed by atoms with E-state index in [2.05, 4.69) is 34.4 Å². The van der Waals surface area contributed by atoms with Gasteiger partial charge in [0.2, 0.25) is 16.9 Å². The molecule has 28 nitrogen and oxygen atoms in total. The van der Waals surface area contributed by atoms with Crippen molar-refractivity contribution in [3.8, 4) is 0 Å². The van der Waals surface area contributed by atoms with Crippen LogP contribution >= 0.6 is 54.6 Å². The van der Waals surface area contributed by atoms with Gasteiger partial charge in [-0.05, 0) is 0 Å². The highest BCUT2D eigenvalue weighted by molar-refractivity contribution is 8.14. The summed E-state index contributed by atoms with van der Waals surface area (Å²) >= 11 is 1.63. The first-order chi connectivity index (χ1) is 27.1. The number of fused-ring (bicyclic) bond motifs is 1. The molecule has 0 aromatic carbocycles. The normalized spacial score (nSPS) is 22.0. The monoisotopic (exact) mass is 964 g/mol. The minimum absolute atomic E-state index is 0.0130. The largest absolute Gasteiger partial charge is 0.481 e. The Labute approximate surface area is 342 Å². The van der Waals surface area contributed by atoms with Crippen molar-refractivity contribution in [1.29, 1.82) is 0 Å². The first-order valence-corrected chi connectivity index (χ1v) is 25.0. The van der Waals surface area contributed by atoms with Crippen molar-refractivity contribution >= 4 is 88.5 Å². The van der Waals surface area contributed by atoms with Crippen LogP contribution in [-0.4, -0.2) is 150 Å². The summed E-state index contributed by atoms with van der Waals surface area (Å²) in [5.74, 6) is -1.52. The third-order valence-electron chi connectivity index (χ3n) is 7.61. The van der Waals surface area contributed by atoms with Crippen molar-refractivity contribution in [2.24, 2.45) is 11.1 Å². The van der Waals surface area contributed by atoms with Gasteiger partial charge in [-0.25, -0.2) is 28.6 Å². The highest BCUT2D eigenvalue weighted by atomic mass is 32.2. The van der Waals surface area contributed by atoms with Crippen LogP contribution in [0, 0.1) is 5.41 Å². The second kappa shape index (κ2) is 21.4. The number of carbonyl (C=O) groups is 3. The fourth-order valence-electron chi connectivity index (χ4n) is 4.76. The lowest BCUT2D eigenvalue weighted by Crippen LogP contribution is -2.46. The molecule has 2 aromatic heterocycles. The van der Waals surface area contributed by atoms with Crippen molar-refractivity contribution in [2.45, 2.75) is 57.0 Å². The van der Waals surface area contributed by atoms with Gasteiger partial charge in [-0.3, -0.25) is 37.1 Å². The fourth-order valence-corrected chi connectivity index (χ4v) is 10.2. The smallest absolute Gasteiger partial charge is 0.386 e. The summed E-state index contributed by atoms with van der Waals surface area (Å²) in [5.41, 5.74) is 9.37. The summed E-state index contributed by atoms with van der Waals surface area (Å²) in [4.78, 5) is 105. The topological polar surface area (TPSA) is 447 Å². The van der Waals surface area contributed by atoms with Gasteiger partial charge in [-0.15, -0.1) is 11.8 Å². The lowest BCUT2D eigenvalue weighted by molar-refractivity contribution is -0.137. The summed E-state index contributed by atoms with van der Waals surface area (Å²) in [7, 11) is -20.7. The molecule has 1 fully saturated rings. The number of hydrogen-bond donors (Lipinski definition) is 12. The van der Waals surface area contributed by atoms with E-state index in [4.69, 9.17) is 35.0 Å². The third kappa shape index (κ3) is 16.7. The summed E-state index contributed by atoms with van der Waals surface area (Å²) < 4.78 is 72.9. The number of ether oxygens (including phenoxy) is 1. The Kier molecular flexibility index (Phi) is 18.6. The molecule has 2 aromatic rings. The van der Waals surface area contributed by atoms with Gasteiger partial charge >= 0.3 is 31.1 Å². The van der Waals surface area contributed by atoms with Crippen LogP contribution in [0.4, 0.5) is 5.82 Å². The van der Waals surface area contributed by atoms with Crippen molar-refractivity contribution < 1.29 is 94.8 Å². The molecule has 34 heteroatoms. The van der Waals surface area contributed by atoms with Crippen LogP contribution < -0.4 is 22.1 Å². The Balaban J connectivity index is 1.45. The number of rotatable bonds is 24. The molecular formula is C25H44N8O20P4S2. The fraction of sp³-hybridized carbons (Fsp3) is 0.680. The highest BCUT2D eigenvalue weighted by Crippen LogP contribution is 2.61. The van der Waals surface area contributed by atoms with Gasteiger partial charge in [0.05, 0.1) is 31.1 Å². The van der Waals surface area contributed by atoms with Crippen molar-refractivity contribution in [1.82, 2.24) is 30.2 Å². The van der Waals surface area contributed by atoms with Crippen molar-refractivity contribution in [2.75, 3.05) is 49.0 Å². The van der Waals surface area contributed by atoms with Crippen LogP contribution in [0.25, 0.3) is 11.2 Å². The van der Waals surface area contributed by atoms with E-state index < -0.39 is 109 Å². The molecule has 3 rings (SSSR count).